The number of fused-ring (bicyclic) bond motifs is 1. The Morgan fingerprint density at radius 2 is 1.97 bits per heavy atom. The summed E-state index contributed by atoms with van der Waals surface area (Å²) in [6.07, 6.45) is 3.91. The van der Waals surface area contributed by atoms with Crippen LogP contribution >= 0.6 is 23.1 Å². The fourth-order valence-electron chi connectivity index (χ4n) is 3.48. The normalized spacial score (nSPS) is 16.3. The molecule has 9 heteroatoms. The molecule has 2 aromatic rings. The number of nitrogens with zero attached hydrogens (tertiary/aromatic N) is 1. The summed E-state index contributed by atoms with van der Waals surface area (Å²) in [6, 6.07) is 9.22. The zero-order valence-electron chi connectivity index (χ0n) is 18.6. The number of benzene rings is 1. The van der Waals surface area contributed by atoms with Crippen molar-refractivity contribution in [1.29, 1.82) is 5.26 Å². The van der Waals surface area contributed by atoms with E-state index in [9.17, 15) is 19.6 Å². The van der Waals surface area contributed by atoms with Crippen LogP contribution in [0.3, 0.4) is 0 Å². The molecule has 3 N–H and O–H groups in total. The Bertz CT molecular complexity index is 1150. The van der Waals surface area contributed by atoms with Crippen molar-refractivity contribution in [3.8, 4) is 6.07 Å². The lowest BCUT2D eigenvalue weighted by atomic mass is 9.89. The highest BCUT2D eigenvalue weighted by Crippen LogP contribution is 2.39. The molecule has 7 nitrogen and oxygen atoms in total. The van der Waals surface area contributed by atoms with Crippen LogP contribution in [-0.4, -0.2) is 28.1 Å². The van der Waals surface area contributed by atoms with Gasteiger partial charge in [0.25, 0.3) is 0 Å². The Kier molecular flexibility index (Phi) is 7.95. The molecule has 1 heterocycles. The lowest BCUT2D eigenvalue weighted by Gasteiger charge is -2.17. The molecule has 2 unspecified atom stereocenters. The maximum atomic E-state index is 12.8. The van der Waals surface area contributed by atoms with E-state index in [0.717, 1.165) is 35.8 Å². The lowest BCUT2D eigenvalue weighted by molar-refractivity contribution is -0.132. The van der Waals surface area contributed by atoms with Crippen molar-refractivity contribution >= 4 is 51.6 Å². The van der Waals surface area contributed by atoms with Gasteiger partial charge in [0.15, 0.2) is 0 Å². The number of anilines is 2. The number of thioether (sulfide) groups is 1. The minimum Gasteiger partial charge on any atom is -0.478 e. The predicted octanol–water partition coefficient (Wildman–Crippen LogP) is 4.83. The largest absolute Gasteiger partial charge is 0.478 e. The molecule has 0 spiro atoms. The van der Waals surface area contributed by atoms with Crippen molar-refractivity contribution in [1.82, 2.24) is 0 Å². The molecule has 1 aromatic heterocycles. The van der Waals surface area contributed by atoms with Gasteiger partial charge >= 0.3 is 5.97 Å². The highest BCUT2D eigenvalue weighted by molar-refractivity contribution is 8.00. The molecule has 1 aliphatic rings. The Labute approximate surface area is 200 Å². The van der Waals surface area contributed by atoms with Crippen LogP contribution in [0.2, 0.25) is 0 Å². The monoisotopic (exact) mass is 483 g/mol. The summed E-state index contributed by atoms with van der Waals surface area (Å²) in [5, 5.41) is 24.2. The number of hydrogen-bond acceptors (Lipinski definition) is 6. The summed E-state index contributed by atoms with van der Waals surface area (Å²) in [5.74, 6) is -1.26. The Morgan fingerprint density at radius 1 is 1.27 bits per heavy atom. The molecule has 1 aliphatic carbocycles. The topological polar surface area (TPSA) is 119 Å². The molecule has 172 valence electrons. The first-order valence-corrected chi connectivity index (χ1v) is 12.2. The van der Waals surface area contributed by atoms with Crippen LogP contribution < -0.4 is 10.6 Å². The Morgan fingerprint density at radius 3 is 2.61 bits per heavy atom. The first-order valence-electron chi connectivity index (χ1n) is 10.5. The number of nitrogens with one attached hydrogen (secondary N) is 2. The van der Waals surface area contributed by atoms with Gasteiger partial charge < -0.3 is 15.7 Å². The first-order chi connectivity index (χ1) is 15.7. The Balaban J connectivity index is 1.60. The van der Waals surface area contributed by atoms with Crippen LogP contribution in [0, 0.1) is 17.2 Å². The number of amides is 2. The minimum absolute atomic E-state index is 0.0554. The van der Waals surface area contributed by atoms with Crippen LogP contribution in [0.15, 0.2) is 40.8 Å². The van der Waals surface area contributed by atoms with Crippen molar-refractivity contribution in [2.75, 3.05) is 10.6 Å². The van der Waals surface area contributed by atoms with Gasteiger partial charge in [-0.3, -0.25) is 9.59 Å². The summed E-state index contributed by atoms with van der Waals surface area (Å²) in [7, 11) is 0. The molecule has 0 saturated carbocycles. The van der Waals surface area contributed by atoms with Gasteiger partial charge in [-0.1, -0.05) is 6.92 Å². The molecule has 0 aliphatic heterocycles. The molecule has 33 heavy (non-hydrogen) atoms. The summed E-state index contributed by atoms with van der Waals surface area (Å²) in [5.41, 5.74) is 2.15. The van der Waals surface area contributed by atoms with E-state index in [1.165, 1.54) is 34.9 Å². The van der Waals surface area contributed by atoms with Crippen molar-refractivity contribution in [2.24, 2.45) is 5.92 Å². The number of carbonyl (C=O) groups excluding carboxylic acids is 2. The van der Waals surface area contributed by atoms with Gasteiger partial charge in [-0.25, -0.2) is 4.79 Å². The molecule has 0 saturated heterocycles. The van der Waals surface area contributed by atoms with Gasteiger partial charge in [-0.05, 0) is 68.9 Å². The fourth-order valence-corrected chi connectivity index (χ4v) is 5.71. The zero-order chi connectivity index (χ0) is 24.1. The SMILES string of the molecule is C/C(=C/C(=O)Nc1ccc(SC(C)C(=O)Nc2sc3c(c2C#N)CCC(C)C3)cc1)C(=O)O. The number of carboxylic acids is 1. The van der Waals surface area contributed by atoms with Gasteiger partial charge in [0, 0.05) is 27.1 Å². The summed E-state index contributed by atoms with van der Waals surface area (Å²) >= 11 is 2.88. The van der Waals surface area contributed by atoms with Gasteiger partial charge in [-0.15, -0.1) is 23.1 Å². The minimum atomic E-state index is -1.15. The summed E-state index contributed by atoms with van der Waals surface area (Å²) < 4.78 is 0. The maximum absolute atomic E-state index is 12.8. The Hall–Kier alpha value is -3.09. The third-order valence-electron chi connectivity index (χ3n) is 5.35. The molecule has 2 atom stereocenters. The van der Waals surface area contributed by atoms with E-state index in [1.807, 2.05) is 0 Å². The fraction of sp³-hybridized carbons (Fsp3) is 0.333. The number of rotatable bonds is 7. The number of carboxylic acid groups (broad SMARTS) is 1. The number of nitriles is 1. The van der Waals surface area contributed by atoms with Gasteiger partial charge in [0.2, 0.25) is 11.8 Å². The average molecular weight is 484 g/mol. The highest BCUT2D eigenvalue weighted by atomic mass is 32.2. The van der Waals surface area contributed by atoms with E-state index in [4.69, 9.17) is 5.11 Å². The van der Waals surface area contributed by atoms with E-state index >= 15 is 0 Å². The quantitative estimate of drug-likeness (QED) is 0.383. The van der Waals surface area contributed by atoms with Crippen molar-refractivity contribution in [3.05, 3.63) is 51.9 Å². The second kappa shape index (κ2) is 10.7. The van der Waals surface area contributed by atoms with E-state index < -0.39 is 17.1 Å². The molecular formula is C24H25N3O4S2. The number of aliphatic carboxylic acids is 1. The van der Waals surface area contributed by atoms with Crippen LogP contribution in [0.1, 0.15) is 43.2 Å². The van der Waals surface area contributed by atoms with Gasteiger partial charge in [0.05, 0.1) is 10.8 Å². The summed E-state index contributed by atoms with van der Waals surface area (Å²) in [4.78, 5) is 37.5. The highest BCUT2D eigenvalue weighted by Gasteiger charge is 2.25. The number of hydrogen-bond donors (Lipinski definition) is 3. The molecule has 0 bridgehead atoms. The molecule has 1 aromatic carbocycles. The van der Waals surface area contributed by atoms with Crippen molar-refractivity contribution < 1.29 is 19.5 Å². The van der Waals surface area contributed by atoms with Crippen LogP contribution in [0.4, 0.5) is 10.7 Å². The van der Waals surface area contributed by atoms with Crippen LogP contribution in [0.25, 0.3) is 0 Å². The average Bonchev–Trinajstić information content (AvgIpc) is 3.10. The zero-order valence-corrected chi connectivity index (χ0v) is 20.2. The standard InChI is InChI=1S/C24H25N3O4S2/c1-13-4-9-18-19(12-25)23(33-20(18)10-13)27-22(29)15(3)32-17-7-5-16(6-8-17)26-21(28)11-14(2)24(30)31/h5-8,11,13,15H,4,9-10H2,1-3H3,(H,26,28)(H,27,29)(H,30,31)/b14-11-. The van der Waals surface area contributed by atoms with Crippen LogP contribution in [-0.2, 0) is 27.2 Å². The third kappa shape index (κ3) is 6.24. The van der Waals surface area contributed by atoms with Crippen molar-refractivity contribution in [3.63, 3.8) is 0 Å². The summed E-state index contributed by atoms with van der Waals surface area (Å²) in [6.45, 7) is 5.35. The smallest absolute Gasteiger partial charge is 0.331 e. The lowest BCUT2D eigenvalue weighted by Crippen LogP contribution is -2.22. The van der Waals surface area contributed by atoms with Crippen molar-refractivity contribution in [2.45, 2.75) is 50.2 Å². The predicted molar refractivity (Wildman–Crippen MR) is 131 cm³/mol. The molecular weight excluding hydrogens is 458 g/mol. The molecule has 3 rings (SSSR count). The van der Waals surface area contributed by atoms with E-state index in [-0.39, 0.29) is 11.5 Å². The molecule has 0 radical (unpaired) electrons. The number of carbonyl (C=O) groups is 3. The molecule has 0 fully saturated rings. The van der Waals surface area contributed by atoms with Gasteiger partial charge in [-0.2, -0.15) is 5.26 Å². The number of thiophene rings is 1. The van der Waals surface area contributed by atoms with E-state index in [0.29, 0.717) is 22.2 Å². The molecule has 2 amide bonds. The first kappa shape index (κ1) is 24.6. The van der Waals surface area contributed by atoms with Crippen LogP contribution in [0.5, 0.6) is 0 Å². The second-order valence-corrected chi connectivity index (χ2v) is 10.6. The maximum Gasteiger partial charge on any atom is 0.331 e. The third-order valence-corrected chi connectivity index (χ3v) is 7.63. The van der Waals surface area contributed by atoms with E-state index in [2.05, 4.69) is 23.6 Å². The van der Waals surface area contributed by atoms with Gasteiger partial charge in [0.1, 0.15) is 11.1 Å². The second-order valence-electron chi connectivity index (χ2n) is 8.06. The van der Waals surface area contributed by atoms with E-state index in [1.54, 1.807) is 31.2 Å².